The van der Waals surface area contributed by atoms with Gasteiger partial charge in [-0.3, -0.25) is 14.7 Å². The van der Waals surface area contributed by atoms with E-state index >= 15 is 0 Å². The maximum Gasteiger partial charge on any atom is 0.277 e. The molecule has 7 rings (SSSR count). The molecule has 0 aliphatic heterocycles. The van der Waals surface area contributed by atoms with Crippen molar-refractivity contribution in [3.8, 4) is 45.3 Å². The molecule has 0 radical (unpaired) electrons. The SMILES string of the molecule is Cc1cc(-n2c3ccccc3c3ccc(O)cc32)ncc1-c1ccc(Oc2ccc(-c3ccccc3[N+](=O)[O-])cc2)cc1. The molecule has 0 amide bonds. The molecule has 1 N–H and O–H groups in total. The Morgan fingerprint density at radius 2 is 1.35 bits per heavy atom. The van der Waals surface area contributed by atoms with Crippen LogP contribution in [0.1, 0.15) is 5.56 Å². The van der Waals surface area contributed by atoms with E-state index in [-0.39, 0.29) is 16.4 Å². The molecule has 0 spiro atoms. The lowest BCUT2D eigenvalue weighted by molar-refractivity contribution is -0.384. The maximum atomic E-state index is 11.4. The molecular formula is C36H25N3O4. The smallest absolute Gasteiger partial charge is 0.277 e. The van der Waals surface area contributed by atoms with Gasteiger partial charge >= 0.3 is 0 Å². The first-order valence-corrected chi connectivity index (χ1v) is 13.8. The van der Waals surface area contributed by atoms with Crippen LogP contribution in [-0.2, 0) is 0 Å². The van der Waals surface area contributed by atoms with Gasteiger partial charge < -0.3 is 9.84 Å². The number of nitro groups is 1. The van der Waals surface area contributed by atoms with Gasteiger partial charge in [-0.25, -0.2) is 4.98 Å². The lowest BCUT2D eigenvalue weighted by atomic mass is 10.0. The third kappa shape index (κ3) is 4.73. The predicted molar refractivity (Wildman–Crippen MR) is 169 cm³/mol. The predicted octanol–water partition coefficient (Wildman–Crippen LogP) is 9.23. The number of ether oxygens (including phenoxy) is 1. The van der Waals surface area contributed by atoms with Crippen molar-refractivity contribution in [1.29, 1.82) is 0 Å². The van der Waals surface area contributed by atoms with Crippen molar-refractivity contribution in [2.24, 2.45) is 0 Å². The second kappa shape index (κ2) is 10.5. The second-order valence-electron chi connectivity index (χ2n) is 10.3. The number of nitro benzene ring substituents is 1. The molecular weight excluding hydrogens is 538 g/mol. The molecule has 0 fully saturated rings. The molecule has 2 heterocycles. The van der Waals surface area contributed by atoms with E-state index in [9.17, 15) is 15.2 Å². The lowest BCUT2D eigenvalue weighted by Gasteiger charge is -2.12. The number of phenols is 1. The largest absolute Gasteiger partial charge is 0.508 e. The molecule has 0 bridgehead atoms. The minimum absolute atomic E-state index is 0.0685. The molecule has 43 heavy (non-hydrogen) atoms. The van der Waals surface area contributed by atoms with E-state index in [1.54, 1.807) is 42.5 Å². The van der Waals surface area contributed by atoms with Crippen LogP contribution in [0.4, 0.5) is 5.69 Å². The number of benzene rings is 5. The zero-order chi connectivity index (χ0) is 29.5. The minimum atomic E-state index is -0.373. The van der Waals surface area contributed by atoms with E-state index < -0.39 is 0 Å². The van der Waals surface area contributed by atoms with Crippen molar-refractivity contribution in [3.05, 3.63) is 143 Å². The average molecular weight is 564 g/mol. The number of hydrogen-bond acceptors (Lipinski definition) is 5. The third-order valence-electron chi connectivity index (χ3n) is 7.65. The van der Waals surface area contributed by atoms with Gasteiger partial charge in [-0.05, 0) is 78.2 Å². The summed E-state index contributed by atoms with van der Waals surface area (Å²) in [5.74, 6) is 2.30. The lowest BCUT2D eigenvalue weighted by Crippen LogP contribution is -1.99. The third-order valence-corrected chi connectivity index (χ3v) is 7.65. The van der Waals surface area contributed by atoms with E-state index in [2.05, 4.69) is 29.7 Å². The molecule has 208 valence electrons. The van der Waals surface area contributed by atoms with Crippen LogP contribution >= 0.6 is 0 Å². The summed E-state index contributed by atoms with van der Waals surface area (Å²) in [7, 11) is 0. The molecule has 0 saturated heterocycles. The summed E-state index contributed by atoms with van der Waals surface area (Å²) in [6.07, 6.45) is 1.88. The van der Waals surface area contributed by atoms with E-state index in [4.69, 9.17) is 9.72 Å². The van der Waals surface area contributed by atoms with E-state index in [0.717, 1.165) is 49.9 Å². The second-order valence-corrected chi connectivity index (χ2v) is 10.3. The summed E-state index contributed by atoms with van der Waals surface area (Å²) in [6.45, 7) is 2.06. The van der Waals surface area contributed by atoms with Crippen molar-refractivity contribution in [2.75, 3.05) is 0 Å². The Morgan fingerprint density at radius 1 is 0.721 bits per heavy atom. The number of fused-ring (bicyclic) bond motifs is 3. The van der Waals surface area contributed by atoms with Crippen LogP contribution in [-0.4, -0.2) is 19.6 Å². The molecule has 7 heteroatoms. The van der Waals surface area contributed by atoms with Crippen molar-refractivity contribution in [3.63, 3.8) is 0 Å². The number of aromatic nitrogens is 2. The summed E-state index contributed by atoms with van der Waals surface area (Å²) < 4.78 is 8.14. The number of hydrogen-bond donors (Lipinski definition) is 1. The first kappa shape index (κ1) is 26.0. The van der Waals surface area contributed by atoms with Gasteiger partial charge in [0.2, 0.25) is 0 Å². The highest BCUT2D eigenvalue weighted by Crippen LogP contribution is 2.35. The first-order valence-electron chi connectivity index (χ1n) is 13.8. The average Bonchev–Trinajstić information content (AvgIpc) is 3.35. The Morgan fingerprint density at radius 3 is 2.05 bits per heavy atom. The molecule has 0 unspecified atom stereocenters. The summed E-state index contributed by atoms with van der Waals surface area (Å²) in [6, 6.07) is 37.4. The van der Waals surface area contributed by atoms with Crippen molar-refractivity contribution in [2.45, 2.75) is 6.92 Å². The molecule has 0 atom stereocenters. The van der Waals surface area contributed by atoms with Crippen molar-refractivity contribution < 1.29 is 14.8 Å². The molecule has 5 aromatic carbocycles. The summed E-state index contributed by atoms with van der Waals surface area (Å²) in [4.78, 5) is 15.9. The molecule has 0 aliphatic rings. The summed E-state index contributed by atoms with van der Waals surface area (Å²) in [5, 5.41) is 23.8. The van der Waals surface area contributed by atoms with E-state index in [1.807, 2.05) is 60.8 Å². The van der Waals surface area contributed by atoms with Crippen LogP contribution in [0, 0.1) is 17.0 Å². The van der Waals surface area contributed by atoms with Gasteiger partial charge in [0.05, 0.1) is 21.5 Å². The standard InChI is InChI=1S/C36H25N3O4/c1-23-20-36(38-33-8-4-3-7-30(33)31-19-14-26(40)21-35(31)38)37-22-32(23)25-12-17-28(18-13-25)43-27-15-10-24(11-16-27)29-6-2-5-9-34(29)39(41)42/h2-22,40H,1H3. The summed E-state index contributed by atoms with van der Waals surface area (Å²) >= 11 is 0. The fraction of sp³-hybridized carbons (Fsp3) is 0.0278. The van der Waals surface area contributed by atoms with Crippen LogP contribution in [0.25, 0.3) is 49.9 Å². The highest BCUT2D eigenvalue weighted by atomic mass is 16.6. The van der Waals surface area contributed by atoms with Crippen LogP contribution in [0.3, 0.4) is 0 Å². The van der Waals surface area contributed by atoms with Crippen molar-refractivity contribution in [1.82, 2.24) is 9.55 Å². The number of pyridine rings is 1. The van der Waals surface area contributed by atoms with E-state index in [0.29, 0.717) is 17.1 Å². The molecule has 2 aromatic heterocycles. The number of nitrogens with zero attached hydrogens (tertiary/aromatic N) is 3. The fourth-order valence-electron chi connectivity index (χ4n) is 5.59. The van der Waals surface area contributed by atoms with Crippen molar-refractivity contribution >= 4 is 27.5 Å². The van der Waals surface area contributed by atoms with Crippen LogP contribution < -0.4 is 4.74 Å². The highest BCUT2D eigenvalue weighted by molar-refractivity contribution is 6.09. The monoisotopic (exact) mass is 563 g/mol. The molecule has 7 nitrogen and oxygen atoms in total. The minimum Gasteiger partial charge on any atom is -0.508 e. The Balaban J connectivity index is 1.14. The number of aryl methyl sites for hydroxylation is 1. The zero-order valence-corrected chi connectivity index (χ0v) is 23.1. The maximum absolute atomic E-state index is 11.4. The highest BCUT2D eigenvalue weighted by Gasteiger charge is 2.16. The number of rotatable bonds is 6. The normalized spacial score (nSPS) is 11.2. The van der Waals surface area contributed by atoms with Gasteiger partial charge in [-0.1, -0.05) is 54.6 Å². The number of aromatic hydroxyl groups is 1. The topological polar surface area (TPSA) is 90.4 Å². The first-order chi connectivity index (χ1) is 21.0. The van der Waals surface area contributed by atoms with Crippen LogP contribution in [0.15, 0.2) is 128 Å². The van der Waals surface area contributed by atoms with Crippen LogP contribution in [0.5, 0.6) is 17.2 Å². The van der Waals surface area contributed by atoms with Gasteiger partial charge in [-0.15, -0.1) is 0 Å². The fourth-order valence-corrected chi connectivity index (χ4v) is 5.59. The van der Waals surface area contributed by atoms with Gasteiger partial charge in [0.25, 0.3) is 5.69 Å². The quantitative estimate of drug-likeness (QED) is 0.161. The number of para-hydroxylation sites is 2. The Bertz CT molecular complexity index is 2150. The van der Waals surface area contributed by atoms with Gasteiger partial charge in [0.15, 0.2) is 0 Å². The molecule has 7 aromatic rings. The summed E-state index contributed by atoms with van der Waals surface area (Å²) in [5.41, 5.74) is 6.39. The van der Waals surface area contributed by atoms with E-state index in [1.165, 1.54) is 6.07 Å². The van der Waals surface area contributed by atoms with Crippen LogP contribution in [0.2, 0.25) is 0 Å². The molecule has 0 saturated carbocycles. The van der Waals surface area contributed by atoms with Gasteiger partial charge in [-0.2, -0.15) is 0 Å². The number of phenolic OH excluding ortho intramolecular Hbond substituents is 1. The zero-order valence-electron chi connectivity index (χ0n) is 23.1. The molecule has 0 aliphatic carbocycles. The Labute approximate surface area is 247 Å². The Hall–Kier alpha value is -5.95. The van der Waals surface area contributed by atoms with Gasteiger partial charge in [0, 0.05) is 34.7 Å². The van der Waals surface area contributed by atoms with Gasteiger partial charge in [0.1, 0.15) is 23.1 Å². The Kier molecular flexibility index (Phi) is 6.32.